The van der Waals surface area contributed by atoms with Gasteiger partial charge in [-0.15, -0.1) is 0 Å². The first-order valence-electron chi connectivity index (χ1n) is 8.08. The molecule has 7 nitrogen and oxygen atoms in total. The molecule has 0 saturated carbocycles. The number of sulfonamides is 1. The Morgan fingerprint density at radius 2 is 1.74 bits per heavy atom. The summed E-state index contributed by atoms with van der Waals surface area (Å²) >= 11 is 5.87. The number of aromatic nitrogens is 3. The Bertz CT molecular complexity index is 1060. The lowest BCUT2D eigenvalue weighted by Crippen LogP contribution is -2.27. The lowest BCUT2D eigenvalue weighted by molar-refractivity contribution is 0.101. The van der Waals surface area contributed by atoms with E-state index < -0.39 is 16.1 Å². The summed E-state index contributed by atoms with van der Waals surface area (Å²) < 4.78 is 27.6. The largest absolute Gasteiger partial charge is 0.295 e. The van der Waals surface area contributed by atoms with E-state index in [0.29, 0.717) is 22.2 Å². The molecule has 0 spiro atoms. The van der Waals surface area contributed by atoms with Gasteiger partial charge in [-0.1, -0.05) is 23.7 Å². The van der Waals surface area contributed by atoms with Gasteiger partial charge >= 0.3 is 0 Å². The van der Waals surface area contributed by atoms with Gasteiger partial charge in [0.25, 0.3) is 0 Å². The van der Waals surface area contributed by atoms with Crippen molar-refractivity contribution in [2.75, 3.05) is 0 Å². The van der Waals surface area contributed by atoms with Gasteiger partial charge in [0.2, 0.25) is 10.0 Å². The summed E-state index contributed by atoms with van der Waals surface area (Å²) in [7, 11) is -3.78. The fourth-order valence-corrected chi connectivity index (χ4v) is 3.75. The maximum atomic E-state index is 12.5. The highest BCUT2D eigenvalue weighted by Gasteiger charge is 2.21. The number of nitrogens with one attached hydrogen (secondary N) is 2. The van der Waals surface area contributed by atoms with Crippen LogP contribution in [0.3, 0.4) is 0 Å². The van der Waals surface area contributed by atoms with E-state index in [1.807, 2.05) is 0 Å². The van der Waals surface area contributed by atoms with Crippen molar-refractivity contribution in [3.05, 3.63) is 64.9 Å². The van der Waals surface area contributed by atoms with E-state index in [9.17, 15) is 13.2 Å². The van der Waals surface area contributed by atoms with E-state index >= 15 is 0 Å². The summed E-state index contributed by atoms with van der Waals surface area (Å²) in [5.41, 5.74) is 1.21. The number of hydrogen-bond donors (Lipinski definition) is 2. The molecular formula is C18H17ClN4O3S. The van der Waals surface area contributed by atoms with Crippen LogP contribution in [0.1, 0.15) is 36.1 Å². The Balaban J connectivity index is 1.77. The molecule has 0 radical (unpaired) electrons. The van der Waals surface area contributed by atoms with Crippen LogP contribution in [-0.2, 0) is 10.0 Å². The summed E-state index contributed by atoms with van der Waals surface area (Å²) in [4.78, 5) is 15.7. The molecule has 3 aromatic rings. The second-order valence-corrected chi connectivity index (χ2v) is 8.13. The summed E-state index contributed by atoms with van der Waals surface area (Å²) in [6.07, 6.45) is 0. The van der Waals surface area contributed by atoms with Crippen molar-refractivity contribution < 1.29 is 13.2 Å². The van der Waals surface area contributed by atoms with Crippen LogP contribution in [0.25, 0.3) is 11.4 Å². The minimum absolute atomic E-state index is 0.0665. The van der Waals surface area contributed by atoms with Crippen molar-refractivity contribution in [3.63, 3.8) is 0 Å². The predicted molar refractivity (Wildman–Crippen MR) is 102 cm³/mol. The number of rotatable bonds is 6. The third-order valence-electron chi connectivity index (χ3n) is 3.92. The predicted octanol–water partition coefficient (Wildman–Crippen LogP) is 3.37. The van der Waals surface area contributed by atoms with Gasteiger partial charge in [0, 0.05) is 16.1 Å². The van der Waals surface area contributed by atoms with Gasteiger partial charge in [0.15, 0.2) is 11.6 Å². The zero-order valence-electron chi connectivity index (χ0n) is 14.6. The molecule has 0 saturated heterocycles. The summed E-state index contributed by atoms with van der Waals surface area (Å²) in [6.45, 7) is 3.08. The third kappa shape index (κ3) is 4.41. The standard InChI is InChI=1S/C18H17ClN4O3S/c1-11(17-20-18(22-21-17)14-3-7-15(19)8-4-14)23-27(25,26)16-9-5-13(6-10-16)12(2)24/h3-11,23H,1-2H3,(H,20,21,22)/t11-/m1/s1. The van der Waals surface area contributed by atoms with E-state index in [2.05, 4.69) is 19.9 Å². The smallest absolute Gasteiger partial charge is 0.241 e. The lowest BCUT2D eigenvalue weighted by atomic mass is 10.2. The highest BCUT2D eigenvalue weighted by Crippen LogP contribution is 2.20. The van der Waals surface area contributed by atoms with Crippen LogP contribution in [0.5, 0.6) is 0 Å². The molecule has 0 bridgehead atoms. The normalized spacial score (nSPS) is 12.7. The van der Waals surface area contributed by atoms with Crippen LogP contribution in [0, 0.1) is 0 Å². The van der Waals surface area contributed by atoms with Gasteiger partial charge in [-0.2, -0.15) is 5.10 Å². The summed E-state index contributed by atoms with van der Waals surface area (Å²) in [5, 5.41) is 7.47. The second-order valence-electron chi connectivity index (χ2n) is 5.97. The Morgan fingerprint density at radius 1 is 1.11 bits per heavy atom. The molecule has 0 unspecified atom stereocenters. The number of Topliss-reactive ketones (excluding diaryl/α,β-unsaturated/α-hetero) is 1. The van der Waals surface area contributed by atoms with Crippen LogP contribution < -0.4 is 4.72 Å². The highest BCUT2D eigenvalue weighted by atomic mass is 35.5. The lowest BCUT2D eigenvalue weighted by Gasteiger charge is -2.12. The van der Waals surface area contributed by atoms with Crippen molar-refractivity contribution in [3.8, 4) is 11.4 Å². The van der Waals surface area contributed by atoms with Gasteiger partial charge < -0.3 is 0 Å². The van der Waals surface area contributed by atoms with Gasteiger partial charge in [0.05, 0.1) is 10.9 Å². The number of halogens is 1. The molecule has 3 rings (SSSR count). The zero-order valence-corrected chi connectivity index (χ0v) is 16.2. The van der Waals surface area contributed by atoms with Crippen molar-refractivity contribution in [2.24, 2.45) is 0 Å². The Kier molecular flexibility index (Phi) is 5.41. The maximum absolute atomic E-state index is 12.5. The molecule has 140 valence electrons. The SMILES string of the molecule is CC(=O)c1ccc(S(=O)(=O)N[C@H](C)c2nc(-c3ccc(Cl)cc3)n[nH]2)cc1. The van der Waals surface area contributed by atoms with Crippen molar-refractivity contribution in [1.29, 1.82) is 0 Å². The summed E-state index contributed by atoms with van der Waals surface area (Å²) in [6, 6.07) is 12.1. The molecule has 0 fully saturated rings. The first-order chi connectivity index (χ1) is 12.8. The fourth-order valence-electron chi connectivity index (χ4n) is 2.42. The van der Waals surface area contributed by atoms with Crippen LogP contribution in [0.4, 0.5) is 0 Å². The van der Waals surface area contributed by atoms with Crippen LogP contribution in [-0.4, -0.2) is 29.4 Å². The Morgan fingerprint density at radius 3 is 2.33 bits per heavy atom. The fraction of sp³-hybridized carbons (Fsp3) is 0.167. The molecule has 1 heterocycles. The van der Waals surface area contributed by atoms with Gasteiger partial charge in [-0.05, 0) is 50.2 Å². The number of carbonyl (C=O) groups excluding carboxylic acids is 1. The molecule has 1 aromatic heterocycles. The van der Waals surface area contributed by atoms with E-state index in [1.54, 1.807) is 31.2 Å². The van der Waals surface area contributed by atoms with Gasteiger partial charge in [-0.25, -0.2) is 18.1 Å². The van der Waals surface area contributed by atoms with E-state index in [1.165, 1.54) is 31.2 Å². The van der Waals surface area contributed by atoms with E-state index in [4.69, 9.17) is 11.6 Å². The zero-order chi connectivity index (χ0) is 19.6. The van der Waals surface area contributed by atoms with Gasteiger partial charge in [-0.3, -0.25) is 9.89 Å². The number of nitrogens with zero attached hydrogens (tertiary/aromatic N) is 2. The minimum Gasteiger partial charge on any atom is -0.295 e. The topological polar surface area (TPSA) is 105 Å². The van der Waals surface area contributed by atoms with Crippen LogP contribution in [0.15, 0.2) is 53.4 Å². The molecule has 0 aliphatic heterocycles. The molecule has 2 N–H and O–H groups in total. The first-order valence-corrected chi connectivity index (χ1v) is 9.94. The molecule has 1 atom stereocenters. The molecule has 27 heavy (non-hydrogen) atoms. The number of benzene rings is 2. The summed E-state index contributed by atoms with van der Waals surface area (Å²) in [5.74, 6) is 0.694. The van der Waals surface area contributed by atoms with E-state index in [0.717, 1.165) is 5.56 Å². The monoisotopic (exact) mass is 404 g/mol. The molecule has 2 aromatic carbocycles. The van der Waals surface area contributed by atoms with Crippen molar-refractivity contribution in [2.45, 2.75) is 24.8 Å². The Labute approximate surface area is 161 Å². The molecule has 9 heteroatoms. The molecule has 0 aliphatic rings. The minimum atomic E-state index is -3.78. The average Bonchev–Trinajstić information content (AvgIpc) is 3.12. The van der Waals surface area contributed by atoms with Crippen molar-refractivity contribution >= 4 is 27.4 Å². The van der Waals surface area contributed by atoms with Gasteiger partial charge in [0.1, 0.15) is 5.82 Å². The van der Waals surface area contributed by atoms with Crippen LogP contribution in [0.2, 0.25) is 5.02 Å². The Hall–Kier alpha value is -2.55. The highest BCUT2D eigenvalue weighted by molar-refractivity contribution is 7.89. The average molecular weight is 405 g/mol. The molecule has 0 aliphatic carbocycles. The number of carbonyl (C=O) groups is 1. The quantitative estimate of drug-likeness (QED) is 0.613. The van der Waals surface area contributed by atoms with Crippen molar-refractivity contribution in [1.82, 2.24) is 19.9 Å². The second kappa shape index (κ2) is 7.59. The molecule has 0 amide bonds. The van der Waals surface area contributed by atoms with Crippen LogP contribution >= 0.6 is 11.6 Å². The number of aromatic amines is 1. The van der Waals surface area contributed by atoms with E-state index in [-0.39, 0.29) is 10.7 Å². The first kappa shape index (κ1) is 19.2. The maximum Gasteiger partial charge on any atom is 0.241 e. The molecular weight excluding hydrogens is 388 g/mol. The third-order valence-corrected chi connectivity index (χ3v) is 5.73. The number of hydrogen-bond acceptors (Lipinski definition) is 5. The number of ketones is 1. The number of H-pyrrole nitrogens is 1.